The predicted molar refractivity (Wildman–Crippen MR) is 83.8 cm³/mol. The first-order valence-corrected chi connectivity index (χ1v) is 7.03. The first kappa shape index (κ1) is 17.4. The predicted octanol–water partition coefficient (Wildman–Crippen LogP) is 2.39. The van der Waals surface area contributed by atoms with Crippen LogP contribution in [0.15, 0.2) is 42.5 Å². The molecule has 0 aliphatic rings. The van der Waals surface area contributed by atoms with Crippen LogP contribution in [-0.2, 0) is 11.2 Å². The van der Waals surface area contributed by atoms with Gasteiger partial charge >= 0.3 is 0 Å². The molecule has 0 aliphatic heterocycles. The summed E-state index contributed by atoms with van der Waals surface area (Å²) in [5, 5.41) is 10.8. The highest BCUT2D eigenvalue weighted by Crippen LogP contribution is 2.19. The molecule has 2 aromatic carbocycles. The zero-order valence-electron chi connectivity index (χ0n) is 12.1. The van der Waals surface area contributed by atoms with Crippen LogP contribution in [0.1, 0.15) is 15.9 Å². The summed E-state index contributed by atoms with van der Waals surface area (Å²) in [5.74, 6) is -2.07. The number of hydrogen-bond acceptors (Lipinski definition) is 4. The third kappa shape index (κ3) is 4.26. The Hall–Kier alpha value is -3.00. The number of benzene rings is 2. The lowest BCUT2D eigenvalue weighted by Crippen LogP contribution is -2.42. The normalized spacial score (nSPS) is 10.1. The first-order valence-electron chi connectivity index (χ1n) is 6.65. The number of nitrogens with zero attached hydrogens (tertiary/aromatic N) is 1. The summed E-state index contributed by atoms with van der Waals surface area (Å²) in [6.45, 7) is 0. The van der Waals surface area contributed by atoms with Crippen molar-refractivity contribution in [3.05, 3.63) is 74.5 Å². The minimum Gasteiger partial charge on any atom is -0.273 e. The van der Waals surface area contributed by atoms with Crippen LogP contribution in [0.3, 0.4) is 0 Å². The Morgan fingerprint density at radius 2 is 1.88 bits per heavy atom. The van der Waals surface area contributed by atoms with E-state index in [2.05, 4.69) is 10.9 Å². The molecule has 0 fully saturated rings. The van der Waals surface area contributed by atoms with Gasteiger partial charge in [-0.2, -0.15) is 0 Å². The van der Waals surface area contributed by atoms with Gasteiger partial charge in [-0.15, -0.1) is 0 Å². The Labute approximate surface area is 140 Å². The molecule has 0 aliphatic carbocycles. The molecule has 2 rings (SSSR count). The number of nitrogens with one attached hydrogen (secondary N) is 2. The molecule has 0 radical (unpaired) electrons. The van der Waals surface area contributed by atoms with Crippen molar-refractivity contribution >= 4 is 29.1 Å². The summed E-state index contributed by atoms with van der Waals surface area (Å²) in [7, 11) is 0. The molecule has 9 heteroatoms. The molecule has 7 nitrogen and oxygen atoms in total. The van der Waals surface area contributed by atoms with Gasteiger partial charge in [0, 0.05) is 28.3 Å². The van der Waals surface area contributed by atoms with Crippen LogP contribution in [0, 0.1) is 15.9 Å². The number of non-ortho nitro benzene ring substituents is 1. The van der Waals surface area contributed by atoms with Crippen LogP contribution in [0.2, 0.25) is 5.02 Å². The number of amides is 2. The summed E-state index contributed by atoms with van der Waals surface area (Å²) < 4.78 is 13.6. The smallest absolute Gasteiger partial charge is 0.270 e. The number of hydrazine groups is 1. The minimum atomic E-state index is -0.744. The van der Waals surface area contributed by atoms with Gasteiger partial charge in [-0.05, 0) is 18.2 Å². The van der Waals surface area contributed by atoms with E-state index in [4.69, 9.17) is 11.6 Å². The molecule has 0 aromatic heterocycles. The van der Waals surface area contributed by atoms with Crippen LogP contribution in [0.4, 0.5) is 10.1 Å². The highest BCUT2D eigenvalue weighted by Gasteiger charge is 2.14. The first-order chi connectivity index (χ1) is 11.4. The van der Waals surface area contributed by atoms with Crippen LogP contribution < -0.4 is 10.9 Å². The van der Waals surface area contributed by atoms with Gasteiger partial charge in [0.2, 0.25) is 5.91 Å². The molecule has 24 heavy (non-hydrogen) atoms. The highest BCUT2D eigenvalue weighted by molar-refractivity contribution is 6.31. The number of halogens is 2. The van der Waals surface area contributed by atoms with E-state index >= 15 is 0 Å². The Morgan fingerprint density at radius 3 is 2.54 bits per heavy atom. The molecule has 0 unspecified atom stereocenters. The molecule has 0 saturated carbocycles. The Balaban J connectivity index is 1.98. The van der Waals surface area contributed by atoms with Crippen molar-refractivity contribution in [2.45, 2.75) is 6.42 Å². The van der Waals surface area contributed by atoms with Gasteiger partial charge < -0.3 is 0 Å². The summed E-state index contributed by atoms with van der Waals surface area (Å²) in [6.07, 6.45) is -0.374. The highest BCUT2D eigenvalue weighted by atomic mass is 35.5. The number of carbonyl (C=O) groups is 2. The second-order valence-electron chi connectivity index (χ2n) is 4.69. The molecule has 0 bridgehead atoms. The third-order valence-electron chi connectivity index (χ3n) is 3.03. The SMILES string of the molecule is O=C(Cc1c(F)cccc1Cl)NNC(=O)c1cccc([N+](=O)[O-])c1. The lowest BCUT2D eigenvalue weighted by molar-refractivity contribution is -0.384. The average molecular weight is 352 g/mol. The lowest BCUT2D eigenvalue weighted by Gasteiger charge is -2.09. The average Bonchev–Trinajstić information content (AvgIpc) is 2.56. The van der Waals surface area contributed by atoms with Gasteiger partial charge in [0.25, 0.3) is 11.6 Å². The van der Waals surface area contributed by atoms with E-state index in [-0.39, 0.29) is 28.3 Å². The molecule has 0 atom stereocenters. The van der Waals surface area contributed by atoms with Gasteiger partial charge in [0.05, 0.1) is 11.3 Å². The fourth-order valence-corrected chi connectivity index (χ4v) is 2.10. The van der Waals surface area contributed by atoms with E-state index in [1.807, 2.05) is 0 Å². The molecule has 0 heterocycles. The lowest BCUT2D eigenvalue weighted by atomic mass is 10.1. The van der Waals surface area contributed by atoms with Crippen molar-refractivity contribution in [1.82, 2.24) is 10.9 Å². The summed E-state index contributed by atoms with van der Waals surface area (Å²) >= 11 is 5.81. The van der Waals surface area contributed by atoms with Gasteiger partial charge in [-0.1, -0.05) is 23.7 Å². The Bertz CT molecular complexity index is 793. The van der Waals surface area contributed by atoms with Crippen molar-refractivity contribution in [2.75, 3.05) is 0 Å². The minimum absolute atomic E-state index is 0.00117. The van der Waals surface area contributed by atoms with E-state index in [0.29, 0.717) is 0 Å². The van der Waals surface area contributed by atoms with Crippen LogP contribution in [0.5, 0.6) is 0 Å². The van der Waals surface area contributed by atoms with Crippen molar-refractivity contribution < 1.29 is 18.9 Å². The van der Waals surface area contributed by atoms with Crippen LogP contribution >= 0.6 is 11.6 Å². The van der Waals surface area contributed by atoms with E-state index in [0.717, 1.165) is 12.1 Å². The number of hydrogen-bond donors (Lipinski definition) is 2. The van der Waals surface area contributed by atoms with Crippen molar-refractivity contribution in [2.24, 2.45) is 0 Å². The zero-order chi connectivity index (χ0) is 17.7. The van der Waals surface area contributed by atoms with E-state index in [9.17, 15) is 24.1 Å². The van der Waals surface area contributed by atoms with E-state index in [1.54, 1.807) is 0 Å². The molecular formula is C15H11ClFN3O4. The van der Waals surface area contributed by atoms with E-state index in [1.165, 1.54) is 30.3 Å². The van der Waals surface area contributed by atoms with Crippen molar-refractivity contribution in [1.29, 1.82) is 0 Å². The summed E-state index contributed by atoms with van der Waals surface area (Å²) in [6, 6.07) is 9.00. The molecule has 0 saturated heterocycles. The standard InChI is InChI=1S/C15H11ClFN3O4/c16-12-5-2-6-13(17)11(12)8-14(21)18-19-15(22)9-3-1-4-10(7-9)20(23)24/h1-7H,8H2,(H,18,21)(H,19,22). The fraction of sp³-hybridized carbons (Fsp3) is 0.0667. The van der Waals surface area contributed by atoms with Gasteiger partial charge in [-0.25, -0.2) is 4.39 Å². The summed E-state index contributed by atoms with van der Waals surface area (Å²) in [5.41, 5.74) is 3.93. The van der Waals surface area contributed by atoms with Crippen LogP contribution in [-0.4, -0.2) is 16.7 Å². The van der Waals surface area contributed by atoms with E-state index < -0.39 is 22.6 Å². The molecule has 2 N–H and O–H groups in total. The third-order valence-corrected chi connectivity index (χ3v) is 3.39. The monoisotopic (exact) mass is 351 g/mol. The second-order valence-corrected chi connectivity index (χ2v) is 5.09. The molecule has 0 spiro atoms. The molecule has 124 valence electrons. The van der Waals surface area contributed by atoms with Gasteiger partial charge in [-0.3, -0.25) is 30.6 Å². The number of nitro groups is 1. The van der Waals surface area contributed by atoms with Gasteiger partial charge in [0.15, 0.2) is 0 Å². The second kappa shape index (κ2) is 7.51. The number of nitro benzene ring substituents is 1. The molecular weight excluding hydrogens is 341 g/mol. The number of carbonyl (C=O) groups excluding carboxylic acids is 2. The zero-order valence-corrected chi connectivity index (χ0v) is 12.8. The fourth-order valence-electron chi connectivity index (χ4n) is 1.87. The maximum absolute atomic E-state index is 13.6. The Morgan fingerprint density at radius 1 is 1.17 bits per heavy atom. The largest absolute Gasteiger partial charge is 0.273 e. The topological polar surface area (TPSA) is 101 Å². The van der Waals surface area contributed by atoms with Crippen LogP contribution in [0.25, 0.3) is 0 Å². The quantitative estimate of drug-likeness (QED) is 0.652. The maximum Gasteiger partial charge on any atom is 0.270 e. The summed E-state index contributed by atoms with van der Waals surface area (Å²) in [4.78, 5) is 33.7. The maximum atomic E-state index is 13.6. The Kier molecular flexibility index (Phi) is 5.43. The molecule has 2 amide bonds. The number of rotatable bonds is 4. The van der Waals surface area contributed by atoms with Gasteiger partial charge in [0.1, 0.15) is 5.82 Å². The van der Waals surface area contributed by atoms with Crippen molar-refractivity contribution in [3.63, 3.8) is 0 Å². The molecule has 2 aromatic rings. The van der Waals surface area contributed by atoms with Crippen molar-refractivity contribution in [3.8, 4) is 0 Å².